The van der Waals surface area contributed by atoms with Crippen LogP contribution in [0.3, 0.4) is 0 Å². The van der Waals surface area contributed by atoms with Crippen LogP contribution in [0.1, 0.15) is 55.0 Å². The average molecular weight is 837 g/mol. The van der Waals surface area contributed by atoms with Gasteiger partial charge >= 0.3 is 0 Å². The van der Waals surface area contributed by atoms with Gasteiger partial charge in [0.05, 0.1) is 24.3 Å². The number of ether oxygens (including phenoxy) is 1. The Morgan fingerprint density at radius 3 is 2.50 bits per heavy atom. The van der Waals surface area contributed by atoms with Crippen molar-refractivity contribution in [1.82, 2.24) is 9.66 Å². The van der Waals surface area contributed by atoms with Crippen LogP contribution in [-0.4, -0.2) is 15.9 Å². The van der Waals surface area contributed by atoms with Crippen molar-refractivity contribution in [3.05, 3.63) is 97.5 Å². The second-order valence-corrected chi connectivity index (χ2v) is 13.2. The van der Waals surface area contributed by atoms with E-state index >= 15 is 0 Å². The minimum atomic E-state index is -0.155. The van der Waals surface area contributed by atoms with Crippen LogP contribution in [0.25, 0.3) is 10.9 Å². The van der Waals surface area contributed by atoms with E-state index in [9.17, 15) is 4.79 Å². The maximum atomic E-state index is 13.6. The molecular formula is C28H22BrCl2I2N3O2. The smallest absolute Gasteiger partial charge is 0.282 e. The fourth-order valence-electron chi connectivity index (χ4n) is 4.61. The maximum absolute atomic E-state index is 13.6. The second kappa shape index (κ2) is 12.5. The van der Waals surface area contributed by atoms with Gasteiger partial charge in [0.25, 0.3) is 5.56 Å². The third-order valence-corrected chi connectivity index (χ3v) is 9.22. The standard InChI is InChI=1S/C28H22BrCl2I2N3O2/c29-19-7-9-25-21(12-19)28(37)36(27(35-25)17-4-2-1-3-5-17)34-14-16-10-23(32)26(24(33)11-16)38-15-18-6-8-20(30)13-22(18)31/h6-14,17H,1-5,15H2. The molecule has 5 nitrogen and oxygen atoms in total. The molecule has 1 aliphatic carbocycles. The molecule has 1 saturated carbocycles. The lowest BCUT2D eigenvalue weighted by Gasteiger charge is -2.22. The zero-order valence-corrected chi connectivity index (χ0v) is 27.5. The molecule has 0 unspecified atom stereocenters. The number of benzene rings is 3. The highest BCUT2D eigenvalue weighted by molar-refractivity contribution is 14.1. The van der Waals surface area contributed by atoms with E-state index in [2.05, 4.69) is 66.2 Å². The topological polar surface area (TPSA) is 56.5 Å². The first-order valence-electron chi connectivity index (χ1n) is 12.1. The van der Waals surface area contributed by atoms with E-state index in [1.54, 1.807) is 18.3 Å². The normalized spacial score (nSPS) is 14.4. The molecule has 0 atom stereocenters. The molecule has 0 saturated heterocycles. The van der Waals surface area contributed by atoms with Gasteiger partial charge in [-0.3, -0.25) is 4.79 Å². The zero-order chi connectivity index (χ0) is 26.8. The van der Waals surface area contributed by atoms with Crippen LogP contribution in [0.15, 0.2) is 62.9 Å². The van der Waals surface area contributed by atoms with Gasteiger partial charge in [-0.25, -0.2) is 4.98 Å². The van der Waals surface area contributed by atoms with Crippen molar-refractivity contribution in [2.75, 3.05) is 0 Å². The van der Waals surface area contributed by atoms with Crippen molar-refractivity contribution < 1.29 is 4.74 Å². The lowest BCUT2D eigenvalue weighted by Crippen LogP contribution is -2.25. The van der Waals surface area contributed by atoms with Gasteiger partial charge < -0.3 is 4.74 Å². The third-order valence-electron chi connectivity index (χ3n) is 6.53. The monoisotopic (exact) mass is 835 g/mol. The summed E-state index contributed by atoms with van der Waals surface area (Å²) in [5.41, 5.74) is 2.28. The van der Waals surface area contributed by atoms with Crippen molar-refractivity contribution in [2.24, 2.45) is 5.10 Å². The molecule has 0 spiro atoms. The van der Waals surface area contributed by atoms with Gasteiger partial charge in [-0.15, -0.1) is 0 Å². The Labute approximate surface area is 266 Å². The highest BCUT2D eigenvalue weighted by Crippen LogP contribution is 2.33. The van der Waals surface area contributed by atoms with E-state index in [0.717, 1.165) is 60.0 Å². The van der Waals surface area contributed by atoms with E-state index in [4.69, 9.17) is 32.9 Å². The number of nitrogens with zero attached hydrogens (tertiary/aromatic N) is 3. The fraction of sp³-hybridized carbons (Fsp3) is 0.250. The van der Waals surface area contributed by atoms with Gasteiger partial charge in [-0.05, 0) is 106 Å². The summed E-state index contributed by atoms with van der Waals surface area (Å²) in [6.45, 7) is 0.327. The first kappa shape index (κ1) is 28.3. The number of hydrogen-bond acceptors (Lipinski definition) is 4. The Morgan fingerprint density at radius 2 is 1.79 bits per heavy atom. The highest BCUT2D eigenvalue weighted by Gasteiger charge is 2.22. The number of hydrogen-bond donors (Lipinski definition) is 0. The summed E-state index contributed by atoms with van der Waals surface area (Å²) < 4.78 is 10.3. The summed E-state index contributed by atoms with van der Waals surface area (Å²) in [5.74, 6) is 1.73. The maximum Gasteiger partial charge on any atom is 0.282 e. The number of fused-ring (bicyclic) bond motifs is 1. The minimum Gasteiger partial charge on any atom is -0.487 e. The molecule has 1 heterocycles. The lowest BCUT2D eigenvalue weighted by atomic mass is 9.88. The van der Waals surface area contributed by atoms with Gasteiger partial charge in [0.2, 0.25) is 0 Å². The molecule has 0 N–H and O–H groups in total. The van der Waals surface area contributed by atoms with E-state index in [1.165, 1.54) is 11.1 Å². The van der Waals surface area contributed by atoms with Crippen LogP contribution in [0, 0.1) is 7.14 Å². The Bertz CT molecular complexity index is 1580. The van der Waals surface area contributed by atoms with E-state index in [1.807, 2.05) is 36.4 Å². The molecule has 0 aliphatic heterocycles. The summed E-state index contributed by atoms with van der Waals surface area (Å²) in [4.78, 5) is 18.5. The fourth-order valence-corrected chi connectivity index (χ4v) is 7.56. The molecule has 0 bridgehead atoms. The summed E-state index contributed by atoms with van der Waals surface area (Å²) in [5, 5.41) is 6.39. The summed E-state index contributed by atoms with van der Waals surface area (Å²) in [6.07, 6.45) is 7.26. The molecule has 1 fully saturated rings. The molecule has 1 aliphatic rings. The molecule has 0 amide bonds. The van der Waals surface area contributed by atoms with E-state index in [-0.39, 0.29) is 11.5 Å². The molecule has 5 rings (SSSR count). The molecule has 38 heavy (non-hydrogen) atoms. The van der Waals surface area contributed by atoms with Gasteiger partial charge in [-0.1, -0.05) is 64.5 Å². The Kier molecular flexibility index (Phi) is 9.34. The van der Waals surface area contributed by atoms with E-state index < -0.39 is 0 Å². The molecule has 1 aromatic heterocycles. The lowest BCUT2D eigenvalue weighted by molar-refractivity contribution is 0.302. The van der Waals surface area contributed by atoms with Crippen LogP contribution in [0.2, 0.25) is 10.0 Å². The minimum absolute atomic E-state index is 0.155. The van der Waals surface area contributed by atoms with Crippen LogP contribution < -0.4 is 10.3 Å². The summed E-state index contributed by atoms with van der Waals surface area (Å²) >= 11 is 20.3. The van der Waals surface area contributed by atoms with Crippen molar-refractivity contribution in [3.63, 3.8) is 0 Å². The summed E-state index contributed by atoms with van der Waals surface area (Å²) in [6, 6.07) is 15.0. The van der Waals surface area contributed by atoms with Crippen LogP contribution in [0.4, 0.5) is 0 Å². The van der Waals surface area contributed by atoms with E-state index in [0.29, 0.717) is 27.6 Å². The van der Waals surface area contributed by atoms with Crippen LogP contribution in [0.5, 0.6) is 5.75 Å². The Hall–Kier alpha value is -1.21. The molecule has 0 radical (unpaired) electrons. The predicted octanol–water partition coefficient (Wildman–Crippen LogP) is 9.18. The second-order valence-electron chi connectivity index (χ2n) is 9.17. The first-order valence-corrected chi connectivity index (χ1v) is 15.8. The highest BCUT2D eigenvalue weighted by atomic mass is 127. The quantitative estimate of drug-likeness (QED) is 0.144. The molecule has 3 aromatic carbocycles. The van der Waals surface area contributed by atoms with Crippen LogP contribution in [-0.2, 0) is 6.61 Å². The van der Waals surface area contributed by atoms with Gasteiger partial charge in [-0.2, -0.15) is 9.78 Å². The number of rotatable bonds is 6. The Balaban J connectivity index is 1.47. The van der Waals surface area contributed by atoms with Crippen LogP contribution >= 0.6 is 84.3 Å². The van der Waals surface area contributed by atoms with Gasteiger partial charge in [0.15, 0.2) is 0 Å². The summed E-state index contributed by atoms with van der Waals surface area (Å²) in [7, 11) is 0. The van der Waals surface area contributed by atoms with Crippen molar-refractivity contribution in [2.45, 2.75) is 44.6 Å². The molecular weight excluding hydrogens is 815 g/mol. The average Bonchev–Trinajstić information content (AvgIpc) is 2.89. The first-order chi connectivity index (χ1) is 18.3. The largest absolute Gasteiger partial charge is 0.487 e. The Morgan fingerprint density at radius 1 is 1.05 bits per heavy atom. The zero-order valence-electron chi connectivity index (χ0n) is 20.1. The predicted molar refractivity (Wildman–Crippen MR) is 175 cm³/mol. The van der Waals surface area contributed by atoms with Gasteiger partial charge in [0.1, 0.15) is 18.2 Å². The molecule has 4 aromatic rings. The SMILES string of the molecule is O=c1c2cc(Br)ccc2nc(C2CCCCC2)n1N=Cc1cc(I)c(OCc2ccc(Cl)cc2Cl)c(I)c1. The number of halogens is 5. The van der Waals surface area contributed by atoms with Crippen molar-refractivity contribution >= 4 is 101 Å². The molecule has 196 valence electrons. The van der Waals surface area contributed by atoms with Crippen molar-refractivity contribution in [3.8, 4) is 5.75 Å². The van der Waals surface area contributed by atoms with Gasteiger partial charge in [0, 0.05) is 26.0 Å². The number of aromatic nitrogens is 2. The van der Waals surface area contributed by atoms with Crippen molar-refractivity contribution in [1.29, 1.82) is 0 Å². The molecule has 10 heteroatoms. The third kappa shape index (κ3) is 6.40.